The summed E-state index contributed by atoms with van der Waals surface area (Å²) in [5.41, 5.74) is 0.915. The fourth-order valence-electron chi connectivity index (χ4n) is 2.01. The van der Waals surface area contributed by atoms with E-state index in [0.29, 0.717) is 31.4 Å². The Bertz CT molecular complexity index is 510. The van der Waals surface area contributed by atoms with E-state index < -0.39 is 0 Å². The molecule has 0 atom stereocenters. The minimum atomic E-state index is 0. The second-order valence-corrected chi connectivity index (χ2v) is 5.92. The van der Waals surface area contributed by atoms with E-state index in [-0.39, 0.29) is 29.7 Å². The van der Waals surface area contributed by atoms with Gasteiger partial charge in [0.1, 0.15) is 0 Å². The molecule has 0 spiro atoms. The van der Waals surface area contributed by atoms with Crippen molar-refractivity contribution >= 4 is 29.9 Å². The summed E-state index contributed by atoms with van der Waals surface area (Å²) >= 11 is 0. The number of benzene rings is 1. The van der Waals surface area contributed by atoms with Gasteiger partial charge in [0.15, 0.2) is 17.5 Å². The zero-order valence-electron chi connectivity index (χ0n) is 15.7. The van der Waals surface area contributed by atoms with Crippen LogP contribution in [0.2, 0.25) is 0 Å². The Kier molecular flexibility index (Phi) is 13.3. The Morgan fingerprint density at radius 1 is 1.24 bits per heavy atom. The molecule has 1 aromatic carbocycles. The third-order valence-corrected chi connectivity index (χ3v) is 3.39. The number of rotatable bonds is 10. The van der Waals surface area contributed by atoms with Gasteiger partial charge >= 0.3 is 0 Å². The van der Waals surface area contributed by atoms with Crippen LogP contribution in [-0.2, 0) is 11.3 Å². The molecule has 1 rings (SSSR count). The Morgan fingerprint density at radius 2 is 2.00 bits per heavy atom. The van der Waals surface area contributed by atoms with Gasteiger partial charge in [0, 0.05) is 19.7 Å². The van der Waals surface area contributed by atoms with Gasteiger partial charge in [-0.2, -0.15) is 0 Å². The van der Waals surface area contributed by atoms with Crippen molar-refractivity contribution in [3.8, 4) is 11.5 Å². The topological polar surface area (TPSA) is 75.1 Å². The summed E-state index contributed by atoms with van der Waals surface area (Å²) in [6.07, 6.45) is 1.08. The standard InChI is InChI=1S/C18H31N3O3.HI/c1-5-19-18(20-9-11-24-10-8-14(2)3)21-13-15-6-7-17(23-4)16(22)12-15;/h6-7,12,14,22H,5,8-11,13H2,1-4H3,(H2,19,20,21);1H. The Balaban J connectivity index is 0.00000576. The second kappa shape index (κ2) is 14.0. The van der Waals surface area contributed by atoms with Gasteiger partial charge in [-0.3, -0.25) is 0 Å². The molecule has 0 aliphatic carbocycles. The molecule has 0 saturated heterocycles. The van der Waals surface area contributed by atoms with Crippen molar-refractivity contribution in [1.29, 1.82) is 0 Å². The normalized spacial score (nSPS) is 11.2. The molecule has 0 bridgehead atoms. The van der Waals surface area contributed by atoms with Crippen molar-refractivity contribution in [2.75, 3.05) is 33.4 Å². The highest BCUT2D eigenvalue weighted by molar-refractivity contribution is 14.0. The van der Waals surface area contributed by atoms with Crippen molar-refractivity contribution in [3.63, 3.8) is 0 Å². The third kappa shape index (κ3) is 10.4. The quantitative estimate of drug-likeness (QED) is 0.214. The third-order valence-electron chi connectivity index (χ3n) is 3.39. The minimum absolute atomic E-state index is 0. The fraction of sp³-hybridized carbons (Fsp3) is 0.611. The highest BCUT2D eigenvalue weighted by Crippen LogP contribution is 2.26. The molecule has 0 aromatic heterocycles. The number of nitrogens with zero attached hydrogens (tertiary/aromatic N) is 1. The van der Waals surface area contributed by atoms with Gasteiger partial charge < -0.3 is 25.2 Å². The van der Waals surface area contributed by atoms with Crippen molar-refractivity contribution in [2.45, 2.75) is 33.7 Å². The molecule has 0 fully saturated rings. The number of halogens is 1. The number of ether oxygens (including phenoxy) is 2. The second-order valence-electron chi connectivity index (χ2n) is 5.92. The van der Waals surface area contributed by atoms with E-state index in [9.17, 15) is 5.11 Å². The number of phenolic OH excluding ortho intramolecular Hbond substituents is 1. The van der Waals surface area contributed by atoms with E-state index in [4.69, 9.17) is 9.47 Å². The Morgan fingerprint density at radius 3 is 2.60 bits per heavy atom. The summed E-state index contributed by atoms with van der Waals surface area (Å²) in [6, 6.07) is 5.30. The smallest absolute Gasteiger partial charge is 0.191 e. The zero-order chi connectivity index (χ0) is 17.8. The first kappa shape index (κ1) is 23.8. The SMILES string of the molecule is CCNC(=NCc1ccc(OC)c(O)c1)NCCOCCC(C)C.I. The molecule has 0 heterocycles. The largest absolute Gasteiger partial charge is 0.504 e. The summed E-state index contributed by atoms with van der Waals surface area (Å²) in [4.78, 5) is 4.51. The number of hydrogen-bond donors (Lipinski definition) is 3. The van der Waals surface area contributed by atoms with E-state index in [1.165, 1.54) is 7.11 Å². The molecule has 0 radical (unpaired) electrons. The first-order valence-electron chi connectivity index (χ1n) is 8.52. The molecule has 0 aliphatic heterocycles. The molecule has 7 heteroatoms. The van der Waals surface area contributed by atoms with Gasteiger partial charge in [-0.25, -0.2) is 4.99 Å². The van der Waals surface area contributed by atoms with Gasteiger partial charge in [0.05, 0.1) is 20.3 Å². The molecule has 0 unspecified atom stereocenters. The summed E-state index contributed by atoms with van der Waals surface area (Å²) in [7, 11) is 1.53. The first-order chi connectivity index (χ1) is 11.6. The average molecular weight is 465 g/mol. The lowest BCUT2D eigenvalue weighted by atomic mass is 10.1. The number of nitrogens with one attached hydrogen (secondary N) is 2. The maximum atomic E-state index is 9.80. The molecular weight excluding hydrogens is 433 g/mol. The van der Waals surface area contributed by atoms with Crippen LogP contribution in [0.1, 0.15) is 32.8 Å². The van der Waals surface area contributed by atoms with Crippen LogP contribution in [-0.4, -0.2) is 44.5 Å². The van der Waals surface area contributed by atoms with Crippen molar-refractivity contribution in [1.82, 2.24) is 10.6 Å². The predicted octanol–water partition coefficient (Wildman–Crippen LogP) is 3.14. The minimum Gasteiger partial charge on any atom is -0.504 e. The Hall–Kier alpha value is -1.22. The fourth-order valence-corrected chi connectivity index (χ4v) is 2.01. The van der Waals surface area contributed by atoms with Crippen molar-refractivity contribution in [2.24, 2.45) is 10.9 Å². The molecule has 1 aromatic rings. The van der Waals surface area contributed by atoms with Crippen LogP contribution in [0.25, 0.3) is 0 Å². The number of guanidine groups is 1. The lowest BCUT2D eigenvalue weighted by Crippen LogP contribution is -2.39. The van der Waals surface area contributed by atoms with Gasteiger partial charge in [0.2, 0.25) is 0 Å². The highest BCUT2D eigenvalue weighted by Gasteiger charge is 2.03. The lowest BCUT2D eigenvalue weighted by molar-refractivity contribution is 0.128. The predicted molar refractivity (Wildman–Crippen MR) is 113 cm³/mol. The summed E-state index contributed by atoms with van der Waals surface area (Å²) in [5.74, 6) is 1.99. The molecule has 0 saturated carbocycles. The highest BCUT2D eigenvalue weighted by atomic mass is 127. The van der Waals surface area contributed by atoms with Gasteiger partial charge in [0.25, 0.3) is 0 Å². The van der Waals surface area contributed by atoms with Gasteiger partial charge in [-0.1, -0.05) is 19.9 Å². The van der Waals surface area contributed by atoms with Crippen LogP contribution in [0, 0.1) is 5.92 Å². The maximum absolute atomic E-state index is 9.80. The van der Waals surface area contributed by atoms with Crippen LogP contribution >= 0.6 is 24.0 Å². The van der Waals surface area contributed by atoms with Crippen LogP contribution in [0.3, 0.4) is 0 Å². The number of hydrogen-bond acceptors (Lipinski definition) is 4. The summed E-state index contributed by atoms with van der Waals surface area (Å²) < 4.78 is 10.6. The van der Waals surface area contributed by atoms with Crippen molar-refractivity contribution in [3.05, 3.63) is 23.8 Å². The van der Waals surface area contributed by atoms with E-state index >= 15 is 0 Å². The molecule has 0 amide bonds. The van der Waals surface area contributed by atoms with Crippen LogP contribution < -0.4 is 15.4 Å². The molecule has 144 valence electrons. The number of aromatic hydroxyl groups is 1. The molecule has 0 aliphatic rings. The molecule has 6 nitrogen and oxygen atoms in total. The number of phenols is 1. The van der Waals surface area contributed by atoms with Gasteiger partial charge in [-0.15, -0.1) is 24.0 Å². The zero-order valence-corrected chi connectivity index (χ0v) is 18.0. The number of methoxy groups -OCH3 is 1. The Labute approximate surface area is 168 Å². The van der Waals surface area contributed by atoms with E-state index in [1.54, 1.807) is 12.1 Å². The number of aliphatic imine (C=N–C) groups is 1. The van der Waals surface area contributed by atoms with Crippen LogP contribution in [0.5, 0.6) is 11.5 Å². The molecular formula is C18H32IN3O3. The monoisotopic (exact) mass is 465 g/mol. The molecule has 25 heavy (non-hydrogen) atoms. The van der Waals surface area contributed by atoms with E-state index in [0.717, 1.165) is 31.1 Å². The lowest BCUT2D eigenvalue weighted by Gasteiger charge is -2.12. The average Bonchev–Trinajstić information content (AvgIpc) is 2.55. The molecule has 3 N–H and O–H groups in total. The maximum Gasteiger partial charge on any atom is 0.191 e. The van der Waals surface area contributed by atoms with E-state index in [2.05, 4.69) is 29.5 Å². The van der Waals surface area contributed by atoms with Gasteiger partial charge in [-0.05, 0) is 37.0 Å². The summed E-state index contributed by atoms with van der Waals surface area (Å²) in [5, 5.41) is 16.2. The van der Waals surface area contributed by atoms with Crippen molar-refractivity contribution < 1.29 is 14.6 Å². The van der Waals surface area contributed by atoms with Crippen LogP contribution in [0.15, 0.2) is 23.2 Å². The van der Waals surface area contributed by atoms with E-state index in [1.807, 2.05) is 13.0 Å². The first-order valence-corrected chi connectivity index (χ1v) is 8.52. The summed E-state index contributed by atoms with van der Waals surface area (Å²) in [6.45, 7) is 9.81. The van der Waals surface area contributed by atoms with Crippen LogP contribution in [0.4, 0.5) is 0 Å².